The summed E-state index contributed by atoms with van der Waals surface area (Å²) in [6.45, 7) is 0. The van der Waals surface area contributed by atoms with Crippen LogP contribution >= 0.6 is 0 Å². The molecule has 0 amide bonds. The Morgan fingerprint density at radius 3 is 1.77 bits per heavy atom. The first-order valence-electron chi connectivity index (χ1n) is 17.8. The maximum atomic E-state index is 6.51. The molecule has 0 saturated carbocycles. The zero-order valence-electron chi connectivity index (χ0n) is 28.4. The normalized spacial score (nSPS) is 11.5. The Balaban J connectivity index is 1.18. The maximum Gasteiger partial charge on any atom is 0.143 e. The molecule has 0 aliphatic rings. The van der Waals surface area contributed by atoms with Crippen molar-refractivity contribution in [3.63, 3.8) is 0 Å². The van der Waals surface area contributed by atoms with Crippen molar-refractivity contribution in [3.05, 3.63) is 200 Å². The van der Waals surface area contributed by atoms with Crippen molar-refractivity contribution in [3.8, 4) is 33.4 Å². The molecule has 0 fully saturated rings. The first-order valence-corrected chi connectivity index (χ1v) is 17.8. The Labute approximate surface area is 302 Å². The third-order valence-corrected chi connectivity index (χ3v) is 10.2. The van der Waals surface area contributed by atoms with Gasteiger partial charge < -0.3 is 9.32 Å². The summed E-state index contributed by atoms with van der Waals surface area (Å²) >= 11 is 0. The number of benzene rings is 9. The van der Waals surface area contributed by atoms with Crippen LogP contribution in [0.2, 0.25) is 0 Å². The second-order valence-corrected chi connectivity index (χ2v) is 13.3. The number of hydrogen-bond donors (Lipinski definition) is 0. The molecular weight excluding hydrogens is 631 g/mol. The van der Waals surface area contributed by atoms with Gasteiger partial charge in [0.2, 0.25) is 0 Å². The van der Waals surface area contributed by atoms with E-state index in [4.69, 9.17) is 4.42 Å². The molecule has 1 aromatic heterocycles. The lowest BCUT2D eigenvalue weighted by Gasteiger charge is -2.30. The zero-order valence-corrected chi connectivity index (χ0v) is 28.4. The van der Waals surface area contributed by atoms with Crippen LogP contribution in [0.4, 0.5) is 17.1 Å². The fourth-order valence-corrected chi connectivity index (χ4v) is 7.72. The summed E-state index contributed by atoms with van der Waals surface area (Å²) in [5, 5.41) is 7.03. The van der Waals surface area contributed by atoms with Gasteiger partial charge in [0.25, 0.3) is 0 Å². The summed E-state index contributed by atoms with van der Waals surface area (Å²) < 4.78 is 6.51. The van der Waals surface area contributed by atoms with Gasteiger partial charge in [-0.2, -0.15) is 0 Å². The van der Waals surface area contributed by atoms with Crippen molar-refractivity contribution in [1.29, 1.82) is 0 Å². The van der Waals surface area contributed by atoms with Crippen LogP contribution in [-0.4, -0.2) is 0 Å². The highest BCUT2D eigenvalue weighted by Gasteiger charge is 2.21. The second kappa shape index (κ2) is 12.5. The predicted molar refractivity (Wildman–Crippen MR) is 220 cm³/mol. The van der Waals surface area contributed by atoms with E-state index in [1.807, 2.05) is 0 Å². The third-order valence-electron chi connectivity index (χ3n) is 10.2. The van der Waals surface area contributed by atoms with Gasteiger partial charge in [0.15, 0.2) is 0 Å². The molecule has 244 valence electrons. The average molecular weight is 664 g/mol. The highest BCUT2D eigenvalue weighted by atomic mass is 16.3. The van der Waals surface area contributed by atoms with Gasteiger partial charge in [0, 0.05) is 33.0 Å². The molecule has 0 bridgehead atoms. The van der Waals surface area contributed by atoms with Gasteiger partial charge in [0.1, 0.15) is 11.2 Å². The minimum absolute atomic E-state index is 0.891. The SMILES string of the molecule is c1ccc(-c2ccccc2N(c2cccc(-c3ccc4ccccc4c3)c2)c2ccccc2-c2ccc3oc4c5ccccc5ccc4c3c2)cc1. The number of nitrogens with zero attached hydrogens (tertiary/aromatic N) is 1. The largest absolute Gasteiger partial charge is 0.455 e. The summed E-state index contributed by atoms with van der Waals surface area (Å²) in [6, 6.07) is 71.8. The van der Waals surface area contributed by atoms with E-state index in [2.05, 4.69) is 205 Å². The van der Waals surface area contributed by atoms with Crippen LogP contribution in [0.3, 0.4) is 0 Å². The van der Waals surface area contributed by atoms with Crippen LogP contribution in [-0.2, 0) is 0 Å². The Morgan fingerprint density at radius 1 is 0.327 bits per heavy atom. The molecule has 52 heavy (non-hydrogen) atoms. The summed E-state index contributed by atoms with van der Waals surface area (Å²) in [6.07, 6.45) is 0. The molecule has 1 heterocycles. The Morgan fingerprint density at radius 2 is 0.942 bits per heavy atom. The van der Waals surface area contributed by atoms with E-state index in [0.717, 1.165) is 61.1 Å². The number of rotatable bonds is 6. The molecule has 10 rings (SSSR count). The predicted octanol–water partition coefficient (Wildman–Crippen LogP) is 14.4. The number of para-hydroxylation sites is 2. The van der Waals surface area contributed by atoms with E-state index in [9.17, 15) is 0 Å². The van der Waals surface area contributed by atoms with Gasteiger partial charge in [-0.15, -0.1) is 0 Å². The molecule has 9 aromatic carbocycles. The van der Waals surface area contributed by atoms with Gasteiger partial charge >= 0.3 is 0 Å². The molecule has 0 spiro atoms. The molecule has 0 atom stereocenters. The van der Waals surface area contributed by atoms with E-state index in [1.165, 1.54) is 32.8 Å². The molecule has 0 unspecified atom stereocenters. The van der Waals surface area contributed by atoms with Crippen molar-refractivity contribution in [1.82, 2.24) is 0 Å². The highest BCUT2D eigenvalue weighted by molar-refractivity contribution is 6.15. The van der Waals surface area contributed by atoms with Crippen molar-refractivity contribution < 1.29 is 4.42 Å². The van der Waals surface area contributed by atoms with E-state index in [0.29, 0.717) is 0 Å². The van der Waals surface area contributed by atoms with Crippen molar-refractivity contribution in [2.45, 2.75) is 0 Å². The van der Waals surface area contributed by atoms with Gasteiger partial charge in [-0.05, 0) is 86.9 Å². The van der Waals surface area contributed by atoms with Crippen LogP contribution in [0.15, 0.2) is 205 Å². The molecular formula is C50H33NO. The second-order valence-electron chi connectivity index (χ2n) is 13.3. The lowest BCUT2D eigenvalue weighted by Crippen LogP contribution is -2.12. The first kappa shape index (κ1) is 30.0. The Bertz CT molecular complexity index is 2920. The summed E-state index contributed by atoms with van der Waals surface area (Å²) in [7, 11) is 0. The monoisotopic (exact) mass is 663 g/mol. The molecule has 0 aliphatic carbocycles. The smallest absolute Gasteiger partial charge is 0.143 e. The van der Waals surface area contributed by atoms with Gasteiger partial charge in [-0.25, -0.2) is 0 Å². The Kier molecular flexibility index (Phi) is 7.18. The fourth-order valence-electron chi connectivity index (χ4n) is 7.72. The fraction of sp³-hybridized carbons (Fsp3) is 0. The molecule has 2 heteroatoms. The van der Waals surface area contributed by atoms with E-state index < -0.39 is 0 Å². The van der Waals surface area contributed by atoms with E-state index in [1.54, 1.807) is 0 Å². The minimum Gasteiger partial charge on any atom is -0.455 e. The van der Waals surface area contributed by atoms with Crippen molar-refractivity contribution in [2.24, 2.45) is 0 Å². The number of fused-ring (bicyclic) bond motifs is 6. The highest BCUT2D eigenvalue weighted by Crippen LogP contribution is 2.46. The summed E-state index contributed by atoms with van der Waals surface area (Å²) in [5.74, 6) is 0. The molecule has 2 nitrogen and oxygen atoms in total. The van der Waals surface area contributed by atoms with Crippen LogP contribution in [0, 0.1) is 0 Å². The van der Waals surface area contributed by atoms with E-state index >= 15 is 0 Å². The summed E-state index contributed by atoms with van der Waals surface area (Å²) in [5.41, 5.74) is 12.1. The van der Waals surface area contributed by atoms with Crippen LogP contribution in [0.1, 0.15) is 0 Å². The lowest BCUT2D eigenvalue weighted by molar-refractivity contribution is 0.672. The molecule has 0 aliphatic heterocycles. The quantitative estimate of drug-likeness (QED) is 0.176. The average Bonchev–Trinajstić information content (AvgIpc) is 3.60. The van der Waals surface area contributed by atoms with Crippen molar-refractivity contribution >= 4 is 60.5 Å². The van der Waals surface area contributed by atoms with Gasteiger partial charge in [-0.3, -0.25) is 0 Å². The number of hydrogen-bond acceptors (Lipinski definition) is 2. The summed E-state index contributed by atoms with van der Waals surface area (Å²) in [4.78, 5) is 2.42. The Hall–Kier alpha value is -6.90. The maximum absolute atomic E-state index is 6.51. The molecule has 0 saturated heterocycles. The van der Waals surface area contributed by atoms with Gasteiger partial charge in [-0.1, -0.05) is 152 Å². The molecule has 0 N–H and O–H groups in total. The van der Waals surface area contributed by atoms with Crippen molar-refractivity contribution in [2.75, 3.05) is 4.90 Å². The molecule has 10 aromatic rings. The standard InChI is InChI=1S/C50H33NO/c1-2-14-35(15-3-1)42-20-8-10-23-47(42)51(41-19-12-18-38(32-41)39-26-25-34-13-4-5-17-37(34)31-39)48-24-11-9-21-43(48)40-28-30-49-46(33-40)45-29-27-36-16-6-7-22-44(36)50(45)52-49/h1-33H. The minimum atomic E-state index is 0.891. The molecule has 0 radical (unpaired) electrons. The lowest BCUT2D eigenvalue weighted by atomic mass is 9.96. The first-order chi connectivity index (χ1) is 25.8. The van der Waals surface area contributed by atoms with Gasteiger partial charge in [0.05, 0.1) is 11.4 Å². The van der Waals surface area contributed by atoms with Crippen LogP contribution < -0.4 is 4.90 Å². The van der Waals surface area contributed by atoms with E-state index in [-0.39, 0.29) is 0 Å². The number of furan rings is 1. The zero-order chi connectivity index (χ0) is 34.4. The van der Waals surface area contributed by atoms with Crippen LogP contribution in [0.5, 0.6) is 0 Å². The topological polar surface area (TPSA) is 16.4 Å². The number of anilines is 3. The third kappa shape index (κ3) is 5.12. The van der Waals surface area contributed by atoms with Crippen LogP contribution in [0.25, 0.3) is 76.9 Å².